The van der Waals surface area contributed by atoms with Gasteiger partial charge in [-0.25, -0.2) is 4.39 Å². The van der Waals surface area contributed by atoms with E-state index in [0.29, 0.717) is 5.69 Å². The fourth-order valence-electron chi connectivity index (χ4n) is 1.49. The van der Waals surface area contributed by atoms with Gasteiger partial charge in [-0.1, -0.05) is 22.9 Å². The van der Waals surface area contributed by atoms with Crippen LogP contribution in [0.5, 0.6) is 0 Å². The Labute approximate surface area is 96.9 Å². The molecule has 1 saturated heterocycles. The number of ether oxygens (including phenoxy) is 1. The summed E-state index contributed by atoms with van der Waals surface area (Å²) >= 11 is 3.22. The molecule has 0 radical (unpaired) electrons. The van der Waals surface area contributed by atoms with E-state index in [2.05, 4.69) is 28.2 Å². The standard InChI is InChI=1S/C11H13BrFNO/c1-11(6-15-7-11)5-14-10-3-2-8(12)4-9(10)13/h2-4,14H,5-7H2,1H3. The minimum absolute atomic E-state index is 0.152. The summed E-state index contributed by atoms with van der Waals surface area (Å²) in [6, 6.07) is 5.02. The van der Waals surface area contributed by atoms with Gasteiger partial charge in [-0.2, -0.15) is 0 Å². The minimum atomic E-state index is -0.229. The average Bonchev–Trinajstić information content (AvgIpc) is 2.14. The van der Waals surface area contributed by atoms with E-state index in [-0.39, 0.29) is 11.2 Å². The van der Waals surface area contributed by atoms with E-state index in [4.69, 9.17) is 4.74 Å². The molecule has 0 aromatic heterocycles. The van der Waals surface area contributed by atoms with Crippen molar-refractivity contribution in [3.05, 3.63) is 28.5 Å². The van der Waals surface area contributed by atoms with E-state index < -0.39 is 0 Å². The molecule has 0 aliphatic carbocycles. The second kappa shape index (κ2) is 4.10. The molecule has 4 heteroatoms. The predicted molar refractivity (Wildman–Crippen MR) is 61.5 cm³/mol. The highest BCUT2D eigenvalue weighted by Crippen LogP contribution is 2.27. The molecule has 1 N–H and O–H groups in total. The van der Waals surface area contributed by atoms with Crippen LogP contribution in [0.3, 0.4) is 0 Å². The van der Waals surface area contributed by atoms with E-state index in [9.17, 15) is 4.39 Å². The lowest BCUT2D eigenvalue weighted by molar-refractivity contribution is -0.0924. The molecule has 1 fully saturated rings. The van der Waals surface area contributed by atoms with Gasteiger partial charge in [0.1, 0.15) is 5.82 Å². The maximum Gasteiger partial charge on any atom is 0.147 e. The van der Waals surface area contributed by atoms with E-state index in [1.54, 1.807) is 6.07 Å². The molecule has 0 amide bonds. The first-order chi connectivity index (χ1) is 7.09. The van der Waals surface area contributed by atoms with Gasteiger partial charge in [-0.05, 0) is 18.2 Å². The molecule has 1 aliphatic heterocycles. The normalized spacial score (nSPS) is 18.3. The molecule has 2 rings (SSSR count). The van der Waals surface area contributed by atoms with Crippen LogP contribution in [-0.2, 0) is 4.74 Å². The Hall–Kier alpha value is -0.610. The molecular weight excluding hydrogens is 261 g/mol. The van der Waals surface area contributed by atoms with Crippen molar-refractivity contribution in [2.45, 2.75) is 6.92 Å². The smallest absolute Gasteiger partial charge is 0.147 e. The highest BCUT2D eigenvalue weighted by atomic mass is 79.9. The Balaban J connectivity index is 1.98. The van der Waals surface area contributed by atoms with Gasteiger partial charge in [0.15, 0.2) is 0 Å². The highest BCUT2D eigenvalue weighted by molar-refractivity contribution is 9.10. The molecule has 2 nitrogen and oxygen atoms in total. The maximum atomic E-state index is 13.4. The number of benzene rings is 1. The Bertz CT molecular complexity index is 366. The van der Waals surface area contributed by atoms with Gasteiger partial charge in [-0.3, -0.25) is 0 Å². The van der Waals surface area contributed by atoms with E-state index in [1.807, 2.05) is 6.07 Å². The lowest BCUT2D eigenvalue weighted by atomic mass is 9.89. The zero-order valence-electron chi connectivity index (χ0n) is 8.52. The van der Waals surface area contributed by atoms with Gasteiger partial charge in [-0.15, -0.1) is 0 Å². The predicted octanol–water partition coefficient (Wildman–Crippen LogP) is 3.04. The summed E-state index contributed by atoms with van der Waals surface area (Å²) < 4.78 is 19.3. The topological polar surface area (TPSA) is 21.3 Å². The number of halogens is 2. The molecule has 15 heavy (non-hydrogen) atoms. The molecule has 82 valence electrons. The molecule has 1 aromatic carbocycles. The number of anilines is 1. The van der Waals surface area contributed by atoms with Gasteiger partial charge in [0.05, 0.1) is 18.9 Å². The molecule has 1 aliphatic rings. The van der Waals surface area contributed by atoms with Crippen molar-refractivity contribution in [3.63, 3.8) is 0 Å². The molecule has 1 heterocycles. The largest absolute Gasteiger partial charge is 0.382 e. The van der Waals surface area contributed by atoms with Crippen LogP contribution in [0.1, 0.15) is 6.92 Å². The van der Waals surface area contributed by atoms with Crippen LogP contribution in [0.4, 0.5) is 10.1 Å². The summed E-state index contributed by atoms with van der Waals surface area (Å²) in [5.74, 6) is -0.229. The number of nitrogens with one attached hydrogen (secondary N) is 1. The second-order valence-electron chi connectivity index (χ2n) is 4.28. The van der Waals surface area contributed by atoms with Gasteiger partial charge in [0.2, 0.25) is 0 Å². The zero-order chi connectivity index (χ0) is 10.9. The van der Waals surface area contributed by atoms with E-state index >= 15 is 0 Å². The van der Waals surface area contributed by atoms with Crippen molar-refractivity contribution < 1.29 is 9.13 Å². The maximum absolute atomic E-state index is 13.4. The summed E-state index contributed by atoms with van der Waals surface area (Å²) in [4.78, 5) is 0. The fraction of sp³-hybridized carbons (Fsp3) is 0.455. The zero-order valence-corrected chi connectivity index (χ0v) is 10.1. The molecule has 0 spiro atoms. The minimum Gasteiger partial charge on any atom is -0.382 e. The lowest BCUT2D eigenvalue weighted by Gasteiger charge is -2.38. The molecule has 0 saturated carbocycles. The number of hydrogen-bond acceptors (Lipinski definition) is 2. The SMILES string of the molecule is CC1(CNc2ccc(Br)cc2F)COC1. The van der Waals surface area contributed by atoms with Crippen LogP contribution >= 0.6 is 15.9 Å². The monoisotopic (exact) mass is 273 g/mol. The van der Waals surface area contributed by atoms with Crippen molar-refractivity contribution in [1.82, 2.24) is 0 Å². The van der Waals surface area contributed by atoms with Crippen molar-refractivity contribution in [2.75, 3.05) is 25.1 Å². The van der Waals surface area contributed by atoms with Crippen LogP contribution in [-0.4, -0.2) is 19.8 Å². The van der Waals surface area contributed by atoms with Crippen molar-refractivity contribution in [2.24, 2.45) is 5.41 Å². The summed E-state index contributed by atoms with van der Waals surface area (Å²) in [6.07, 6.45) is 0. The van der Waals surface area contributed by atoms with Gasteiger partial charge in [0, 0.05) is 16.4 Å². The summed E-state index contributed by atoms with van der Waals surface area (Å²) in [5.41, 5.74) is 0.700. The van der Waals surface area contributed by atoms with Crippen LogP contribution < -0.4 is 5.32 Å². The molecule has 0 bridgehead atoms. The first-order valence-corrected chi connectivity index (χ1v) is 5.65. The van der Waals surface area contributed by atoms with Crippen LogP contribution in [0.2, 0.25) is 0 Å². The Morgan fingerprint density at radius 1 is 1.53 bits per heavy atom. The van der Waals surface area contributed by atoms with Gasteiger partial charge in [0.25, 0.3) is 0 Å². The van der Waals surface area contributed by atoms with Crippen molar-refractivity contribution >= 4 is 21.6 Å². The van der Waals surface area contributed by atoms with Crippen LogP contribution in [0, 0.1) is 11.2 Å². The fourth-order valence-corrected chi connectivity index (χ4v) is 1.83. The third-order valence-electron chi connectivity index (χ3n) is 2.54. The van der Waals surface area contributed by atoms with Crippen LogP contribution in [0.15, 0.2) is 22.7 Å². The second-order valence-corrected chi connectivity index (χ2v) is 5.20. The van der Waals surface area contributed by atoms with Gasteiger partial charge < -0.3 is 10.1 Å². The third kappa shape index (κ3) is 2.49. The molecular formula is C11H13BrFNO. The Morgan fingerprint density at radius 3 is 2.80 bits per heavy atom. The Kier molecular flexibility index (Phi) is 2.98. The molecule has 0 unspecified atom stereocenters. The summed E-state index contributed by atoms with van der Waals surface area (Å²) in [6.45, 7) is 4.36. The third-order valence-corrected chi connectivity index (χ3v) is 3.03. The van der Waals surface area contributed by atoms with Crippen molar-refractivity contribution in [1.29, 1.82) is 0 Å². The van der Waals surface area contributed by atoms with E-state index in [1.165, 1.54) is 6.07 Å². The lowest BCUT2D eigenvalue weighted by Crippen LogP contribution is -2.45. The number of hydrogen-bond donors (Lipinski definition) is 1. The first-order valence-electron chi connectivity index (χ1n) is 4.86. The molecule has 1 aromatic rings. The van der Waals surface area contributed by atoms with Crippen molar-refractivity contribution in [3.8, 4) is 0 Å². The Morgan fingerprint density at radius 2 is 2.27 bits per heavy atom. The summed E-state index contributed by atoms with van der Waals surface area (Å²) in [5, 5.41) is 3.11. The van der Waals surface area contributed by atoms with Gasteiger partial charge >= 0.3 is 0 Å². The van der Waals surface area contributed by atoms with E-state index in [0.717, 1.165) is 24.2 Å². The quantitative estimate of drug-likeness (QED) is 0.914. The number of rotatable bonds is 3. The average molecular weight is 274 g/mol. The van der Waals surface area contributed by atoms with Crippen LogP contribution in [0.25, 0.3) is 0 Å². The first kappa shape index (κ1) is 10.9. The molecule has 0 atom stereocenters. The highest BCUT2D eigenvalue weighted by Gasteiger charge is 2.33. The summed E-state index contributed by atoms with van der Waals surface area (Å²) in [7, 11) is 0.